The molecule has 8 heteroatoms. The molecule has 3 nitrogen and oxygen atoms in total. The summed E-state index contributed by atoms with van der Waals surface area (Å²) in [7, 11) is 0. The number of rotatable bonds is 4. The molecule has 122 valence electrons. The summed E-state index contributed by atoms with van der Waals surface area (Å²) in [5.41, 5.74) is 0.340. The molecule has 0 saturated carbocycles. The van der Waals surface area contributed by atoms with Gasteiger partial charge in [0.2, 0.25) is 0 Å². The molecule has 0 unspecified atom stereocenters. The van der Waals surface area contributed by atoms with E-state index in [0.717, 1.165) is 11.6 Å². The number of alkyl halides is 3. The van der Waals surface area contributed by atoms with Gasteiger partial charge in [-0.1, -0.05) is 40.5 Å². The number of oxime groups is 1. The average molecular weight is 363 g/mol. The summed E-state index contributed by atoms with van der Waals surface area (Å²) in [4.78, 5) is 8.85. The van der Waals surface area contributed by atoms with Crippen molar-refractivity contribution in [3.05, 3.63) is 63.4 Å². The van der Waals surface area contributed by atoms with E-state index in [0.29, 0.717) is 11.2 Å². The Labute approximate surface area is 140 Å². The van der Waals surface area contributed by atoms with Crippen LogP contribution in [-0.4, -0.2) is 10.7 Å². The highest BCUT2D eigenvalue weighted by atomic mass is 35.5. The van der Waals surface area contributed by atoms with Crippen LogP contribution in [0.1, 0.15) is 23.7 Å². The zero-order chi connectivity index (χ0) is 17.0. The van der Waals surface area contributed by atoms with Gasteiger partial charge in [0.25, 0.3) is 0 Å². The van der Waals surface area contributed by atoms with E-state index in [1.807, 2.05) is 0 Å². The third-order valence-electron chi connectivity index (χ3n) is 2.86. The van der Waals surface area contributed by atoms with Crippen LogP contribution < -0.4 is 0 Å². The normalized spacial score (nSPS) is 12.3. The number of halogens is 5. The second-order valence-electron chi connectivity index (χ2n) is 4.63. The van der Waals surface area contributed by atoms with Crippen molar-refractivity contribution in [1.82, 2.24) is 4.98 Å². The van der Waals surface area contributed by atoms with E-state index in [9.17, 15) is 13.2 Å². The van der Waals surface area contributed by atoms with Gasteiger partial charge in [-0.3, -0.25) is 4.98 Å². The van der Waals surface area contributed by atoms with Crippen molar-refractivity contribution < 1.29 is 18.0 Å². The molecule has 1 aromatic heterocycles. The molecule has 0 aliphatic carbocycles. The smallest absolute Gasteiger partial charge is 0.391 e. The summed E-state index contributed by atoms with van der Waals surface area (Å²) in [6, 6.07) is 7.78. The Hall–Kier alpha value is -1.79. The molecule has 0 aliphatic heterocycles. The number of aromatic nitrogens is 1. The van der Waals surface area contributed by atoms with Gasteiger partial charge in [0.05, 0.1) is 10.6 Å². The van der Waals surface area contributed by atoms with E-state index in [-0.39, 0.29) is 23.0 Å². The number of pyridine rings is 1. The van der Waals surface area contributed by atoms with Crippen molar-refractivity contribution in [1.29, 1.82) is 0 Å². The molecule has 2 aromatic rings. The predicted molar refractivity (Wildman–Crippen MR) is 82.7 cm³/mol. The molecule has 0 N–H and O–H groups in total. The highest BCUT2D eigenvalue weighted by Gasteiger charge is 2.31. The Morgan fingerprint density at radius 3 is 2.43 bits per heavy atom. The number of hydrogen-bond acceptors (Lipinski definition) is 3. The van der Waals surface area contributed by atoms with Gasteiger partial charge in [-0.05, 0) is 30.7 Å². The number of nitrogens with zero attached hydrogens (tertiary/aromatic N) is 2. The molecule has 0 radical (unpaired) electrons. The third-order valence-corrected chi connectivity index (χ3v) is 3.40. The minimum atomic E-state index is -4.49. The molecule has 0 spiro atoms. The SMILES string of the molecule is C/C(=N\OCc1ccc(Cl)cc1)c1ncc(C(F)(F)F)cc1Cl. The molecule has 0 atom stereocenters. The molecule has 23 heavy (non-hydrogen) atoms. The van der Waals surface area contributed by atoms with Crippen molar-refractivity contribution in [2.75, 3.05) is 0 Å². The van der Waals surface area contributed by atoms with Crippen LogP contribution in [0.5, 0.6) is 0 Å². The lowest BCUT2D eigenvalue weighted by molar-refractivity contribution is -0.137. The molecule has 0 fully saturated rings. The molecule has 2 rings (SSSR count). The highest BCUT2D eigenvalue weighted by Crippen LogP contribution is 2.31. The van der Waals surface area contributed by atoms with Crippen molar-refractivity contribution >= 4 is 28.9 Å². The van der Waals surface area contributed by atoms with Crippen LogP contribution >= 0.6 is 23.2 Å². The fourth-order valence-electron chi connectivity index (χ4n) is 1.69. The maximum Gasteiger partial charge on any atom is 0.417 e. The summed E-state index contributed by atoms with van der Waals surface area (Å²) >= 11 is 11.6. The fourth-order valence-corrected chi connectivity index (χ4v) is 2.12. The summed E-state index contributed by atoms with van der Waals surface area (Å²) in [6.07, 6.45) is -3.79. The fraction of sp³-hybridized carbons (Fsp3) is 0.200. The standard InChI is InChI=1S/C15H11Cl2F3N2O/c1-9(22-23-8-10-2-4-12(16)5-3-10)14-13(17)6-11(7-21-14)15(18,19)20/h2-7H,8H2,1H3/b22-9+. The third kappa shape index (κ3) is 4.84. The Bertz CT molecular complexity index is 716. The lowest BCUT2D eigenvalue weighted by Gasteiger charge is -2.09. The van der Waals surface area contributed by atoms with Crippen LogP contribution in [0.3, 0.4) is 0 Å². The van der Waals surface area contributed by atoms with Gasteiger partial charge in [0.15, 0.2) is 0 Å². The highest BCUT2D eigenvalue weighted by molar-refractivity contribution is 6.33. The van der Waals surface area contributed by atoms with E-state index in [1.165, 1.54) is 0 Å². The topological polar surface area (TPSA) is 34.5 Å². The number of benzene rings is 1. The van der Waals surface area contributed by atoms with E-state index < -0.39 is 11.7 Å². The minimum Gasteiger partial charge on any atom is -0.391 e. The largest absolute Gasteiger partial charge is 0.417 e. The maximum atomic E-state index is 12.6. The summed E-state index contributed by atoms with van der Waals surface area (Å²) < 4.78 is 37.7. The first-order valence-electron chi connectivity index (χ1n) is 6.41. The quantitative estimate of drug-likeness (QED) is 0.542. The Morgan fingerprint density at radius 2 is 1.87 bits per heavy atom. The second-order valence-corrected chi connectivity index (χ2v) is 5.47. The molecule has 1 aromatic carbocycles. The Balaban J connectivity index is 2.07. The molecule has 1 heterocycles. The van der Waals surface area contributed by atoms with Crippen molar-refractivity contribution in [2.45, 2.75) is 19.7 Å². The molecular weight excluding hydrogens is 352 g/mol. The summed E-state index contributed by atoms with van der Waals surface area (Å²) in [6.45, 7) is 1.73. The van der Waals surface area contributed by atoms with Gasteiger partial charge in [0, 0.05) is 11.2 Å². The molecule has 0 saturated heterocycles. The van der Waals surface area contributed by atoms with Crippen LogP contribution in [0, 0.1) is 0 Å². The van der Waals surface area contributed by atoms with Crippen molar-refractivity contribution in [3.8, 4) is 0 Å². The van der Waals surface area contributed by atoms with E-state index >= 15 is 0 Å². The van der Waals surface area contributed by atoms with Gasteiger partial charge in [0.1, 0.15) is 18.0 Å². The number of hydrogen-bond donors (Lipinski definition) is 0. The van der Waals surface area contributed by atoms with Gasteiger partial charge in [-0.25, -0.2) is 0 Å². The predicted octanol–water partition coefficient (Wildman–Crippen LogP) is 5.35. The first-order chi connectivity index (χ1) is 10.8. The first kappa shape index (κ1) is 17.6. The van der Waals surface area contributed by atoms with Crippen LogP contribution in [0.25, 0.3) is 0 Å². The minimum absolute atomic E-state index is 0.135. The Kier molecular flexibility index (Phi) is 5.49. The molecular formula is C15H11Cl2F3N2O. The van der Waals surface area contributed by atoms with Crippen molar-refractivity contribution in [3.63, 3.8) is 0 Å². The van der Waals surface area contributed by atoms with Crippen LogP contribution in [0.4, 0.5) is 13.2 Å². The lowest BCUT2D eigenvalue weighted by Crippen LogP contribution is -2.08. The monoisotopic (exact) mass is 362 g/mol. The van der Waals surface area contributed by atoms with Gasteiger partial charge >= 0.3 is 6.18 Å². The summed E-state index contributed by atoms with van der Waals surface area (Å²) in [5, 5.41) is 4.28. The Morgan fingerprint density at radius 1 is 1.22 bits per heavy atom. The van der Waals surface area contributed by atoms with E-state index in [2.05, 4.69) is 10.1 Å². The van der Waals surface area contributed by atoms with Gasteiger partial charge in [-0.15, -0.1) is 0 Å². The van der Waals surface area contributed by atoms with Gasteiger partial charge < -0.3 is 4.84 Å². The van der Waals surface area contributed by atoms with E-state index in [1.54, 1.807) is 31.2 Å². The molecule has 0 aliphatic rings. The molecule has 0 bridgehead atoms. The zero-order valence-electron chi connectivity index (χ0n) is 11.9. The van der Waals surface area contributed by atoms with Crippen LogP contribution in [0.15, 0.2) is 41.7 Å². The van der Waals surface area contributed by atoms with Gasteiger partial charge in [-0.2, -0.15) is 13.2 Å². The first-order valence-corrected chi connectivity index (χ1v) is 7.17. The molecule has 0 amide bonds. The average Bonchev–Trinajstić information content (AvgIpc) is 2.48. The van der Waals surface area contributed by atoms with Crippen LogP contribution in [0.2, 0.25) is 10.0 Å². The summed E-state index contributed by atoms with van der Waals surface area (Å²) in [5.74, 6) is 0. The van der Waals surface area contributed by atoms with E-state index in [4.69, 9.17) is 28.0 Å². The van der Waals surface area contributed by atoms with Crippen LogP contribution in [-0.2, 0) is 17.6 Å². The van der Waals surface area contributed by atoms with Crippen molar-refractivity contribution in [2.24, 2.45) is 5.16 Å². The maximum absolute atomic E-state index is 12.6. The zero-order valence-corrected chi connectivity index (χ0v) is 13.4. The second kappa shape index (κ2) is 7.19. The lowest BCUT2D eigenvalue weighted by atomic mass is 10.2.